The Hall–Kier alpha value is -1.06. The van der Waals surface area contributed by atoms with Crippen molar-refractivity contribution in [1.29, 1.82) is 0 Å². The zero-order valence-corrected chi connectivity index (χ0v) is 10.4. The summed E-state index contributed by atoms with van der Waals surface area (Å²) in [6.07, 6.45) is 5.42. The van der Waals surface area contributed by atoms with Crippen LogP contribution >= 0.6 is 0 Å². The van der Waals surface area contributed by atoms with E-state index in [4.69, 9.17) is 5.11 Å². The van der Waals surface area contributed by atoms with Crippen LogP contribution in [-0.4, -0.2) is 34.5 Å². The van der Waals surface area contributed by atoms with Gasteiger partial charge in [0.2, 0.25) is 5.91 Å². The number of carboxylic acid groups (broad SMARTS) is 1. The fraction of sp³-hybridized carbons (Fsp3) is 0.846. The predicted octanol–water partition coefficient (Wildman–Crippen LogP) is 1.89. The van der Waals surface area contributed by atoms with Gasteiger partial charge in [-0.1, -0.05) is 13.3 Å². The van der Waals surface area contributed by atoms with Crippen LogP contribution < -0.4 is 0 Å². The van der Waals surface area contributed by atoms with Gasteiger partial charge >= 0.3 is 5.97 Å². The molecular formula is C13H21NO3. The van der Waals surface area contributed by atoms with Crippen LogP contribution in [0.25, 0.3) is 0 Å². The number of aliphatic carboxylic acids is 1. The number of rotatable bonds is 5. The third kappa shape index (κ3) is 2.99. The average Bonchev–Trinajstić information content (AvgIpc) is 3.00. The Morgan fingerprint density at radius 3 is 2.41 bits per heavy atom. The summed E-state index contributed by atoms with van der Waals surface area (Å²) >= 11 is 0. The van der Waals surface area contributed by atoms with Crippen molar-refractivity contribution >= 4 is 11.9 Å². The molecule has 0 radical (unpaired) electrons. The third-order valence-corrected chi connectivity index (χ3v) is 4.02. The van der Waals surface area contributed by atoms with Crippen LogP contribution in [0.15, 0.2) is 0 Å². The van der Waals surface area contributed by atoms with E-state index >= 15 is 0 Å². The minimum atomic E-state index is -0.817. The van der Waals surface area contributed by atoms with Crippen molar-refractivity contribution in [3.8, 4) is 0 Å². The van der Waals surface area contributed by atoms with Gasteiger partial charge in [-0.25, -0.2) is 0 Å². The molecule has 2 unspecified atom stereocenters. The molecule has 4 heteroatoms. The van der Waals surface area contributed by atoms with Crippen LogP contribution in [0.1, 0.15) is 45.4 Å². The summed E-state index contributed by atoms with van der Waals surface area (Å²) in [5.74, 6) is -0.000330. The first-order valence-corrected chi connectivity index (χ1v) is 6.62. The molecule has 2 rings (SSSR count). The van der Waals surface area contributed by atoms with Gasteiger partial charge in [-0.15, -0.1) is 0 Å². The summed E-state index contributed by atoms with van der Waals surface area (Å²) in [6.45, 7) is 2.53. The second-order valence-electron chi connectivity index (χ2n) is 5.42. The highest BCUT2D eigenvalue weighted by Gasteiger charge is 2.39. The summed E-state index contributed by atoms with van der Waals surface area (Å²) in [5, 5.41) is 8.73. The first-order valence-electron chi connectivity index (χ1n) is 6.62. The average molecular weight is 239 g/mol. The Labute approximate surface area is 102 Å². The molecule has 0 aromatic carbocycles. The molecule has 2 atom stereocenters. The van der Waals surface area contributed by atoms with Crippen molar-refractivity contribution < 1.29 is 14.7 Å². The minimum Gasteiger partial charge on any atom is -0.481 e. The highest BCUT2D eigenvalue weighted by Crippen LogP contribution is 2.36. The van der Waals surface area contributed by atoms with Crippen LogP contribution in [0.4, 0.5) is 0 Å². The van der Waals surface area contributed by atoms with Gasteiger partial charge < -0.3 is 10.0 Å². The molecule has 17 heavy (non-hydrogen) atoms. The third-order valence-electron chi connectivity index (χ3n) is 4.02. The standard InChI is InChI=1S/C13H21NO3/c1-9-3-2-4-11(9)13(17)14(10-5-6-10)8-7-12(15)16/h9-11H,2-8H2,1H3,(H,15,16). The van der Waals surface area contributed by atoms with Crippen LogP contribution in [-0.2, 0) is 9.59 Å². The number of hydrogen-bond acceptors (Lipinski definition) is 2. The highest BCUT2D eigenvalue weighted by atomic mass is 16.4. The number of carbonyl (C=O) groups is 2. The van der Waals surface area contributed by atoms with Gasteiger partial charge in [-0.05, 0) is 31.6 Å². The van der Waals surface area contributed by atoms with Crippen LogP contribution in [0.2, 0.25) is 0 Å². The van der Waals surface area contributed by atoms with E-state index in [1.54, 1.807) is 0 Å². The number of carbonyl (C=O) groups excluding carboxylic acids is 1. The van der Waals surface area contributed by atoms with Crippen LogP contribution in [0.5, 0.6) is 0 Å². The lowest BCUT2D eigenvalue weighted by atomic mass is 9.96. The summed E-state index contributed by atoms with van der Waals surface area (Å²) in [5.41, 5.74) is 0. The summed E-state index contributed by atoms with van der Waals surface area (Å²) in [7, 11) is 0. The van der Waals surface area contributed by atoms with Gasteiger partial charge in [0.15, 0.2) is 0 Å². The molecule has 0 bridgehead atoms. The fourth-order valence-corrected chi connectivity index (χ4v) is 2.80. The fourth-order valence-electron chi connectivity index (χ4n) is 2.80. The molecule has 2 aliphatic carbocycles. The zero-order chi connectivity index (χ0) is 12.4. The lowest BCUT2D eigenvalue weighted by molar-refractivity contribution is -0.140. The molecule has 0 spiro atoms. The Balaban J connectivity index is 1.95. The normalized spacial score (nSPS) is 28.1. The molecule has 1 N–H and O–H groups in total. The van der Waals surface area contributed by atoms with Gasteiger partial charge in [-0.2, -0.15) is 0 Å². The SMILES string of the molecule is CC1CCCC1C(=O)N(CCC(=O)O)C1CC1. The molecule has 4 nitrogen and oxygen atoms in total. The van der Waals surface area contributed by atoms with E-state index in [-0.39, 0.29) is 18.2 Å². The minimum absolute atomic E-state index is 0.0728. The van der Waals surface area contributed by atoms with Crippen molar-refractivity contribution in [2.75, 3.05) is 6.54 Å². The van der Waals surface area contributed by atoms with Crippen LogP contribution in [0.3, 0.4) is 0 Å². The summed E-state index contributed by atoms with van der Waals surface area (Å²) < 4.78 is 0. The van der Waals surface area contributed by atoms with Gasteiger partial charge in [0.1, 0.15) is 0 Å². The van der Waals surface area contributed by atoms with E-state index in [1.165, 1.54) is 0 Å². The summed E-state index contributed by atoms with van der Waals surface area (Å²) in [4.78, 5) is 24.8. The molecule has 0 aromatic rings. The van der Waals surface area contributed by atoms with E-state index in [0.29, 0.717) is 18.5 Å². The first kappa shape index (κ1) is 12.4. The first-order chi connectivity index (χ1) is 8.09. The van der Waals surface area contributed by atoms with E-state index in [0.717, 1.165) is 32.1 Å². The number of hydrogen-bond donors (Lipinski definition) is 1. The van der Waals surface area contributed by atoms with Gasteiger partial charge in [0, 0.05) is 18.5 Å². The van der Waals surface area contributed by atoms with Crippen molar-refractivity contribution in [1.82, 2.24) is 4.90 Å². The smallest absolute Gasteiger partial charge is 0.305 e. The maximum atomic E-state index is 12.4. The quantitative estimate of drug-likeness (QED) is 0.797. The molecule has 0 aliphatic heterocycles. The Morgan fingerprint density at radius 1 is 1.24 bits per heavy atom. The lowest BCUT2D eigenvalue weighted by Gasteiger charge is -2.26. The number of nitrogens with zero attached hydrogens (tertiary/aromatic N) is 1. The van der Waals surface area contributed by atoms with Crippen molar-refractivity contribution in [3.63, 3.8) is 0 Å². The largest absolute Gasteiger partial charge is 0.481 e. The van der Waals surface area contributed by atoms with Gasteiger partial charge in [-0.3, -0.25) is 9.59 Å². The topological polar surface area (TPSA) is 57.6 Å². The lowest BCUT2D eigenvalue weighted by Crippen LogP contribution is -2.40. The Morgan fingerprint density at radius 2 is 1.94 bits per heavy atom. The van der Waals surface area contributed by atoms with Gasteiger partial charge in [0.05, 0.1) is 6.42 Å². The molecule has 2 fully saturated rings. The molecule has 0 aromatic heterocycles. The van der Waals surface area contributed by atoms with Crippen molar-refractivity contribution in [2.45, 2.75) is 51.5 Å². The highest BCUT2D eigenvalue weighted by molar-refractivity contribution is 5.80. The van der Waals surface area contributed by atoms with Crippen molar-refractivity contribution in [2.24, 2.45) is 11.8 Å². The molecule has 0 saturated heterocycles. The summed E-state index contributed by atoms with van der Waals surface area (Å²) in [6, 6.07) is 0.328. The Bertz CT molecular complexity index is 312. The number of amides is 1. The zero-order valence-electron chi connectivity index (χ0n) is 10.4. The maximum absolute atomic E-state index is 12.4. The molecule has 2 saturated carbocycles. The molecule has 96 valence electrons. The van der Waals surface area contributed by atoms with Crippen molar-refractivity contribution in [3.05, 3.63) is 0 Å². The molecular weight excluding hydrogens is 218 g/mol. The number of carboxylic acids is 1. The second kappa shape index (κ2) is 5.07. The molecule has 2 aliphatic rings. The Kier molecular flexibility index (Phi) is 3.69. The molecule has 0 heterocycles. The monoisotopic (exact) mass is 239 g/mol. The van der Waals surface area contributed by atoms with E-state index in [1.807, 2.05) is 4.90 Å². The maximum Gasteiger partial charge on any atom is 0.305 e. The molecule has 1 amide bonds. The van der Waals surface area contributed by atoms with E-state index < -0.39 is 5.97 Å². The van der Waals surface area contributed by atoms with Gasteiger partial charge in [0.25, 0.3) is 0 Å². The predicted molar refractivity (Wildman–Crippen MR) is 63.5 cm³/mol. The van der Waals surface area contributed by atoms with Crippen LogP contribution in [0, 0.1) is 11.8 Å². The van der Waals surface area contributed by atoms with E-state index in [2.05, 4.69) is 6.92 Å². The second-order valence-corrected chi connectivity index (χ2v) is 5.42. The van der Waals surface area contributed by atoms with E-state index in [9.17, 15) is 9.59 Å².